The lowest BCUT2D eigenvalue weighted by atomic mass is 9.93. The van der Waals surface area contributed by atoms with E-state index < -0.39 is 0 Å². The topological polar surface area (TPSA) is 32.7 Å². The van der Waals surface area contributed by atoms with Gasteiger partial charge in [0.05, 0.1) is 6.61 Å². The van der Waals surface area contributed by atoms with Crippen LogP contribution in [0.1, 0.15) is 11.1 Å². The number of benzene rings is 2. The van der Waals surface area contributed by atoms with Crippen molar-refractivity contribution >= 4 is 31.1 Å². The maximum absolute atomic E-state index is 8.80. The van der Waals surface area contributed by atoms with Crippen LogP contribution in [0, 0.1) is 0 Å². The Morgan fingerprint density at radius 3 is 2.27 bits per heavy atom. The highest BCUT2D eigenvalue weighted by Gasteiger charge is 1.99. The molecule has 2 aromatic carbocycles. The first-order chi connectivity index (χ1) is 10.6. The highest BCUT2D eigenvalue weighted by atomic mass is 16.5. The maximum atomic E-state index is 8.80. The molecule has 2 aromatic rings. The van der Waals surface area contributed by atoms with Crippen LogP contribution in [0.2, 0.25) is 0 Å². The van der Waals surface area contributed by atoms with Gasteiger partial charge < -0.3 is 14.7 Å². The zero-order valence-electron chi connectivity index (χ0n) is 13.4. The van der Waals surface area contributed by atoms with E-state index in [9.17, 15) is 0 Å². The molecule has 0 spiro atoms. The molecule has 0 heterocycles. The molecule has 22 heavy (non-hydrogen) atoms. The van der Waals surface area contributed by atoms with Crippen LogP contribution >= 0.6 is 0 Å². The Kier molecular flexibility index (Phi) is 5.67. The van der Waals surface area contributed by atoms with Gasteiger partial charge in [0.1, 0.15) is 20.2 Å². The number of aliphatic hydroxyl groups is 1. The molecule has 0 aliphatic rings. The molecule has 0 amide bonds. The number of aliphatic hydroxyl groups excluding tert-OH is 1. The number of ether oxygens (including phenoxy) is 1. The predicted molar refractivity (Wildman–Crippen MR) is 96.9 cm³/mol. The van der Waals surface area contributed by atoms with Gasteiger partial charge in [-0.05, 0) is 34.8 Å². The van der Waals surface area contributed by atoms with Gasteiger partial charge in [-0.25, -0.2) is 0 Å². The van der Waals surface area contributed by atoms with E-state index in [2.05, 4.69) is 47.4 Å². The lowest BCUT2D eigenvalue weighted by Gasteiger charge is -2.11. The third-order valence-corrected chi connectivity index (χ3v) is 3.43. The SMILES string of the molecule is Bc1cc(/C=C/c2ccc(N(C)C)cc2)ccc1OCCO. The second kappa shape index (κ2) is 7.71. The van der Waals surface area contributed by atoms with Crippen molar-refractivity contribution in [2.45, 2.75) is 0 Å². The van der Waals surface area contributed by atoms with Crippen LogP contribution in [0.3, 0.4) is 0 Å². The van der Waals surface area contributed by atoms with E-state index in [1.54, 1.807) is 0 Å². The molecule has 114 valence electrons. The fraction of sp³-hybridized carbons (Fsp3) is 0.222. The Balaban J connectivity index is 2.07. The van der Waals surface area contributed by atoms with Gasteiger partial charge in [0.15, 0.2) is 0 Å². The van der Waals surface area contributed by atoms with Gasteiger partial charge in [0, 0.05) is 19.8 Å². The Morgan fingerprint density at radius 2 is 1.68 bits per heavy atom. The Bertz CT molecular complexity index is 636. The fourth-order valence-corrected chi connectivity index (χ4v) is 2.17. The fourth-order valence-electron chi connectivity index (χ4n) is 2.17. The number of rotatable bonds is 6. The average molecular weight is 295 g/mol. The van der Waals surface area contributed by atoms with Gasteiger partial charge in [-0.1, -0.05) is 36.4 Å². The predicted octanol–water partition coefficient (Wildman–Crippen LogP) is 1.55. The van der Waals surface area contributed by atoms with Gasteiger partial charge in [-0.3, -0.25) is 0 Å². The van der Waals surface area contributed by atoms with Gasteiger partial charge in [0.25, 0.3) is 0 Å². The first kappa shape index (κ1) is 16.2. The van der Waals surface area contributed by atoms with E-state index in [4.69, 9.17) is 9.84 Å². The van der Waals surface area contributed by atoms with Gasteiger partial charge in [-0.2, -0.15) is 0 Å². The van der Waals surface area contributed by atoms with E-state index in [1.165, 1.54) is 11.3 Å². The molecule has 0 aliphatic heterocycles. The molecule has 3 nitrogen and oxygen atoms in total. The molecule has 0 aliphatic carbocycles. The minimum atomic E-state index is 0.0318. The highest BCUT2D eigenvalue weighted by molar-refractivity contribution is 6.34. The molecule has 2 rings (SSSR count). The van der Waals surface area contributed by atoms with E-state index in [0.29, 0.717) is 6.61 Å². The smallest absolute Gasteiger partial charge is 0.144 e. The summed E-state index contributed by atoms with van der Waals surface area (Å²) in [5.74, 6) is 0.821. The van der Waals surface area contributed by atoms with E-state index in [1.807, 2.05) is 34.1 Å². The Labute approximate surface area is 133 Å². The molecule has 0 saturated heterocycles. The summed E-state index contributed by atoms with van der Waals surface area (Å²) in [4.78, 5) is 2.09. The number of hydrogen-bond acceptors (Lipinski definition) is 3. The van der Waals surface area contributed by atoms with E-state index in [0.717, 1.165) is 16.8 Å². The minimum absolute atomic E-state index is 0.0318. The standard InChI is InChI=1S/C18H22BNO2/c1-20(2)16-8-5-14(6-9-16)3-4-15-7-10-18(17(19)13-15)22-12-11-21/h3-10,13,21H,11-12,19H2,1-2H3/b4-3+. The minimum Gasteiger partial charge on any atom is -0.492 e. The van der Waals surface area contributed by atoms with Crippen molar-refractivity contribution in [3.8, 4) is 5.75 Å². The first-order valence-corrected chi connectivity index (χ1v) is 7.40. The summed E-state index contributed by atoms with van der Waals surface area (Å²) in [6.45, 7) is 0.359. The van der Waals surface area contributed by atoms with Crippen LogP contribution in [-0.2, 0) is 0 Å². The molecular weight excluding hydrogens is 273 g/mol. The summed E-state index contributed by atoms with van der Waals surface area (Å²) >= 11 is 0. The van der Waals surface area contributed by atoms with Crippen LogP contribution in [0.15, 0.2) is 42.5 Å². The lowest BCUT2D eigenvalue weighted by Crippen LogP contribution is -2.12. The van der Waals surface area contributed by atoms with Crippen molar-refractivity contribution in [3.05, 3.63) is 53.6 Å². The molecule has 0 bridgehead atoms. The van der Waals surface area contributed by atoms with Crippen LogP contribution in [0.5, 0.6) is 5.75 Å². The van der Waals surface area contributed by atoms with Crippen LogP contribution in [0.4, 0.5) is 5.69 Å². The summed E-state index contributed by atoms with van der Waals surface area (Å²) in [7, 11) is 6.08. The van der Waals surface area contributed by atoms with Crippen LogP contribution < -0.4 is 15.1 Å². The Morgan fingerprint density at radius 1 is 1.05 bits per heavy atom. The lowest BCUT2D eigenvalue weighted by molar-refractivity contribution is 0.202. The Hall–Kier alpha value is -2.20. The van der Waals surface area contributed by atoms with Crippen LogP contribution in [-0.4, -0.2) is 40.3 Å². The quantitative estimate of drug-likeness (QED) is 0.648. The third-order valence-electron chi connectivity index (χ3n) is 3.43. The summed E-state index contributed by atoms with van der Waals surface area (Å²) in [5.41, 5.74) is 4.56. The molecule has 1 N–H and O–H groups in total. The van der Waals surface area contributed by atoms with Gasteiger partial charge in [-0.15, -0.1) is 0 Å². The number of anilines is 1. The van der Waals surface area contributed by atoms with Crippen molar-refractivity contribution in [1.29, 1.82) is 0 Å². The summed E-state index contributed by atoms with van der Waals surface area (Å²) in [6.07, 6.45) is 4.19. The van der Waals surface area contributed by atoms with Crippen molar-refractivity contribution in [1.82, 2.24) is 0 Å². The first-order valence-electron chi connectivity index (χ1n) is 7.40. The largest absolute Gasteiger partial charge is 0.492 e. The summed E-state index contributed by atoms with van der Waals surface area (Å²) in [6, 6.07) is 14.5. The normalized spacial score (nSPS) is 10.9. The molecule has 0 aromatic heterocycles. The van der Waals surface area contributed by atoms with E-state index in [-0.39, 0.29) is 6.61 Å². The molecular formula is C18H22BNO2. The van der Waals surface area contributed by atoms with Crippen molar-refractivity contribution in [2.24, 2.45) is 0 Å². The third kappa shape index (κ3) is 4.40. The maximum Gasteiger partial charge on any atom is 0.144 e. The zero-order valence-corrected chi connectivity index (χ0v) is 13.4. The number of nitrogens with zero attached hydrogens (tertiary/aromatic N) is 1. The highest BCUT2D eigenvalue weighted by Crippen LogP contribution is 2.15. The van der Waals surface area contributed by atoms with Crippen molar-refractivity contribution < 1.29 is 9.84 Å². The molecule has 0 unspecified atom stereocenters. The second-order valence-corrected chi connectivity index (χ2v) is 5.42. The zero-order chi connectivity index (χ0) is 15.9. The molecule has 4 heteroatoms. The molecule has 0 atom stereocenters. The molecule has 0 fully saturated rings. The van der Waals surface area contributed by atoms with Gasteiger partial charge >= 0.3 is 0 Å². The molecule has 0 saturated carbocycles. The summed E-state index contributed by atoms with van der Waals surface area (Å²) < 4.78 is 5.46. The van der Waals surface area contributed by atoms with Gasteiger partial charge in [0.2, 0.25) is 0 Å². The molecule has 0 radical (unpaired) electrons. The van der Waals surface area contributed by atoms with Crippen molar-refractivity contribution in [3.63, 3.8) is 0 Å². The van der Waals surface area contributed by atoms with Crippen LogP contribution in [0.25, 0.3) is 12.2 Å². The van der Waals surface area contributed by atoms with Crippen molar-refractivity contribution in [2.75, 3.05) is 32.2 Å². The average Bonchev–Trinajstić information content (AvgIpc) is 2.52. The summed E-state index contributed by atoms with van der Waals surface area (Å²) in [5, 5.41) is 8.80. The van der Waals surface area contributed by atoms with E-state index >= 15 is 0 Å². The second-order valence-electron chi connectivity index (χ2n) is 5.42. The monoisotopic (exact) mass is 295 g/mol. The number of hydrogen-bond donors (Lipinski definition) is 1.